The van der Waals surface area contributed by atoms with Crippen LogP contribution in [-0.2, 0) is 0 Å². The van der Waals surface area contributed by atoms with E-state index in [9.17, 15) is 0 Å². The summed E-state index contributed by atoms with van der Waals surface area (Å²) in [6.07, 6.45) is 13.8. The van der Waals surface area contributed by atoms with E-state index < -0.39 is 0 Å². The van der Waals surface area contributed by atoms with Crippen molar-refractivity contribution < 1.29 is 4.74 Å². The van der Waals surface area contributed by atoms with E-state index in [0.29, 0.717) is 12.4 Å². The van der Waals surface area contributed by atoms with Crippen LogP contribution in [0, 0.1) is 0 Å². The van der Waals surface area contributed by atoms with Gasteiger partial charge in [0.1, 0.15) is 18.7 Å². The van der Waals surface area contributed by atoms with Gasteiger partial charge >= 0.3 is 0 Å². The van der Waals surface area contributed by atoms with Gasteiger partial charge in [0.15, 0.2) is 5.82 Å². The minimum absolute atomic E-state index is 0.443. The highest BCUT2D eigenvalue weighted by Gasteiger charge is 2.04. The average Bonchev–Trinajstić information content (AvgIpc) is 2.73. The molecule has 3 aromatic rings. The summed E-state index contributed by atoms with van der Waals surface area (Å²) in [6, 6.07) is 13.5. The average molecular weight is 367 g/mol. The van der Waals surface area contributed by atoms with Gasteiger partial charge in [0.2, 0.25) is 0 Å². The van der Waals surface area contributed by atoms with E-state index in [1.165, 1.54) is 6.33 Å². The summed E-state index contributed by atoms with van der Waals surface area (Å²) in [5.41, 5.74) is 0.810. The molecule has 1 aliphatic heterocycles. The van der Waals surface area contributed by atoms with Crippen molar-refractivity contribution in [2.24, 2.45) is 15.0 Å². The van der Waals surface area contributed by atoms with Crippen LogP contribution < -0.4 is 15.3 Å². The molecule has 136 valence electrons. The Balaban J connectivity index is 1.91. The number of hydrogen-bond donors (Lipinski definition) is 0. The number of nitrogens with zero attached hydrogens (tertiary/aromatic N) is 5. The molecule has 0 radical (unpaired) electrons. The summed E-state index contributed by atoms with van der Waals surface area (Å²) in [7, 11) is 0. The van der Waals surface area contributed by atoms with Crippen molar-refractivity contribution >= 4 is 35.3 Å². The summed E-state index contributed by atoms with van der Waals surface area (Å²) < 4.78 is 5.80. The number of allylic oxidation sites excluding steroid dienone is 2. The molecule has 6 nitrogen and oxygen atoms in total. The molecule has 1 aliphatic rings. The lowest BCUT2D eigenvalue weighted by Crippen LogP contribution is -2.23. The van der Waals surface area contributed by atoms with Crippen LogP contribution in [0.1, 0.15) is 0 Å². The van der Waals surface area contributed by atoms with E-state index in [1.54, 1.807) is 24.8 Å². The molecule has 0 fully saturated rings. The Kier molecular flexibility index (Phi) is 5.39. The lowest BCUT2D eigenvalue weighted by molar-refractivity contribution is 0.363. The van der Waals surface area contributed by atoms with Crippen molar-refractivity contribution in [3.63, 3.8) is 0 Å². The molecule has 0 unspecified atom stereocenters. The van der Waals surface area contributed by atoms with Crippen LogP contribution in [0.3, 0.4) is 0 Å². The van der Waals surface area contributed by atoms with Crippen LogP contribution in [0.4, 0.5) is 5.82 Å². The second-order valence-electron chi connectivity index (χ2n) is 5.85. The highest BCUT2D eigenvalue weighted by Crippen LogP contribution is 2.25. The molecule has 0 amide bonds. The number of para-hydroxylation sites is 1. The van der Waals surface area contributed by atoms with E-state index in [2.05, 4.69) is 20.0 Å². The first kappa shape index (κ1) is 17.5. The van der Waals surface area contributed by atoms with Gasteiger partial charge < -0.3 is 4.74 Å². The lowest BCUT2D eigenvalue weighted by Gasteiger charge is -2.06. The Labute approximate surface area is 161 Å². The number of benzene rings is 2. The van der Waals surface area contributed by atoms with Crippen molar-refractivity contribution in [1.29, 1.82) is 0 Å². The summed E-state index contributed by atoms with van der Waals surface area (Å²) in [4.78, 5) is 21.9. The normalized spacial score (nSPS) is 20.9. The molecular formula is C22H17N5O. The molecule has 0 aliphatic carbocycles. The van der Waals surface area contributed by atoms with Crippen LogP contribution in [0.15, 0.2) is 88.2 Å². The quantitative estimate of drug-likeness (QED) is 0.613. The van der Waals surface area contributed by atoms with Gasteiger partial charge in [-0.1, -0.05) is 24.3 Å². The highest BCUT2D eigenvalue weighted by atomic mass is 16.5. The smallest absolute Gasteiger partial charge is 0.163 e. The first-order valence-electron chi connectivity index (χ1n) is 8.78. The zero-order valence-corrected chi connectivity index (χ0v) is 15.0. The molecule has 0 atom stereocenters. The first-order valence-corrected chi connectivity index (χ1v) is 8.78. The molecule has 0 saturated carbocycles. The van der Waals surface area contributed by atoms with Gasteiger partial charge in [0.05, 0.1) is 10.9 Å². The highest BCUT2D eigenvalue weighted by molar-refractivity contribution is 6.16. The summed E-state index contributed by atoms with van der Waals surface area (Å²) >= 11 is 0. The molecule has 0 spiro atoms. The predicted molar refractivity (Wildman–Crippen MR) is 112 cm³/mol. The van der Waals surface area contributed by atoms with Crippen LogP contribution in [0.25, 0.3) is 17.1 Å². The molecule has 4 rings (SSSR count). The zero-order chi connectivity index (χ0) is 19.0. The van der Waals surface area contributed by atoms with E-state index in [0.717, 1.165) is 27.2 Å². The van der Waals surface area contributed by atoms with Crippen molar-refractivity contribution in [2.75, 3.05) is 6.61 Å². The van der Waals surface area contributed by atoms with Crippen molar-refractivity contribution in [3.05, 3.63) is 83.8 Å². The topological polar surface area (TPSA) is 72.1 Å². The minimum Gasteiger partial charge on any atom is -0.490 e. The maximum Gasteiger partial charge on any atom is 0.163 e. The number of rotatable bonds is 0. The van der Waals surface area contributed by atoms with Gasteiger partial charge in [-0.05, 0) is 36.4 Å². The fourth-order valence-electron chi connectivity index (χ4n) is 2.64. The summed E-state index contributed by atoms with van der Waals surface area (Å²) in [6.45, 7) is 0.443. The Morgan fingerprint density at radius 3 is 2.82 bits per heavy atom. The largest absolute Gasteiger partial charge is 0.490 e. The van der Waals surface area contributed by atoms with E-state index in [-0.39, 0.29) is 0 Å². The van der Waals surface area contributed by atoms with Gasteiger partial charge in [0.25, 0.3) is 0 Å². The molecule has 0 N–H and O–H groups in total. The second-order valence-corrected chi connectivity index (χ2v) is 5.85. The maximum atomic E-state index is 5.80. The number of ether oxygens (including phenoxy) is 1. The third kappa shape index (κ3) is 4.24. The predicted octanol–water partition coefficient (Wildman–Crippen LogP) is 2.92. The fourth-order valence-corrected chi connectivity index (χ4v) is 2.64. The lowest BCUT2D eigenvalue weighted by atomic mass is 10.2. The van der Waals surface area contributed by atoms with Gasteiger partial charge in [0, 0.05) is 35.4 Å². The molecule has 2 bridgehead atoms. The van der Waals surface area contributed by atoms with Crippen LogP contribution in [0.2, 0.25) is 0 Å². The molecule has 1 aromatic heterocycles. The number of aliphatic imine (C=N–C) groups is 2. The molecule has 2 aromatic carbocycles. The van der Waals surface area contributed by atoms with Gasteiger partial charge in [-0.3, -0.25) is 9.98 Å². The Bertz CT molecular complexity index is 1230. The van der Waals surface area contributed by atoms with Crippen molar-refractivity contribution in [3.8, 4) is 5.75 Å². The van der Waals surface area contributed by atoms with Gasteiger partial charge in [-0.15, -0.1) is 0 Å². The third-order valence-electron chi connectivity index (χ3n) is 3.97. The Morgan fingerprint density at radius 2 is 1.82 bits per heavy atom. The number of aromatic nitrogens is 2. The van der Waals surface area contributed by atoms with Crippen LogP contribution >= 0.6 is 0 Å². The van der Waals surface area contributed by atoms with Gasteiger partial charge in [-0.2, -0.15) is 0 Å². The molecule has 28 heavy (non-hydrogen) atoms. The molecule has 2 heterocycles. The Hall–Kier alpha value is -3.93. The SMILES string of the molecule is C1=C/COc2ccc3ncnc(c3c2)\N=c2/cccc/c2=C\N=C/C=N\C=C\1. The Morgan fingerprint density at radius 1 is 0.893 bits per heavy atom. The first-order chi connectivity index (χ1) is 13.9. The van der Waals surface area contributed by atoms with Crippen LogP contribution in [-0.4, -0.2) is 29.0 Å². The fraction of sp³-hybridized carbons (Fsp3) is 0.0455. The summed E-state index contributed by atoms with van der Waals surface area (Å²) in [5, 5.41) is 2.48. The number of hydrogen-bond acceptors (Lipinski definition) is 6. The standard InChI is InChI=1S/C22H17N5O/c1-4-10-23-11-12-24-15-17-6-2-3-7-20(17)27-22-19-14-18(28-13-5-1)8-9-21(19)25-16-26-22/h1-12,14-16H,13H2/b5-1-,10-4+,17-15+,23-11-,24-12-,27-20+. The van der Waals surface area contributed by atoms with Crippen molar-refractivity contribution in [1.82, 2.24) is 9.97 Å². The van der Waals surface area contributed by atoms with E-state index in [4.69, 9.17) is 9.73 Å². The van der Waals surface area contributed by atoms with Gasteiger partial charge in [-0.25, -0.2) is 15.0 Å². The summed E-state index contributed by atoms with van der Waals surface area (Å²) in [5.74, 6) is 1.32. The maximum absolute atomic E-state index is 5.80. The monoisotopic (exact) mass is 367 g/mol. The molecule has 0 saturated heterocycles. The minimum atomic E-state index is 0.443. The van der Waals surface area contributed by atoms with Crippen LogP contribution in [0.5, 0.6) is 5.75 Å². The second kappa shape index (κ2) is 8.64. The van der Waals surface area contributed by atoms with E-state index >= 15 is 0 Å². The molecule has 6 heteroatoms. The van der Waals surface area contributed by atoms with Crippen molar-refractivity contribution in [2.45, 2.75) is 0 Å². The zero-order valence-electron chi connectivity index (χ0n) is 15.0. The van der Waals surface area contributed by atoms with E-state index in [1.807, 2.05) is 60.7 Å². The third-order valence-corrected chi connectivity index (χ3v) is 3.97. The molecular weight excluding hydrogens is 350 g/mol. The number of fused-ring (bicyclic) bond motifs is 2.